The number of hydrogen-bond donors (Lipinski definition) is 0. The highest BCUT2D eigenvalue weighted by molar-refractivity contribution is 6.16. The highest BCUT2D eigenvalue weighted by Gasteiger charge is 2.42. The molecule has 3 heteroatoms. The van der Waals surface area contributed by atoms with Crippen molar-refractivity contribution in [3.63, 3.8) is 0 Å². The lowest BCUT2D eigenvalue weighted by Gasteiger charge is -2.17. The molecule has 0 amide bonds. The quantitative estimate of drug-likeness (QED) is 0.726. The van der Waals surface area contributed by atoms with E-state index in [4.69, 9.17) is 16.6 Å². The van der Waals surface area contributed by atoms with Gasteiger partial charge in [-0.25, -0.2) is 4.98 Å². The van der Waals surface area contributed by atoms with Crippen LogP contribution < -0.4 is 0 Å². The van der Waals surface area contributed by atoms with Crippen molar-refractivity contribution in [3.8, 4) is 0 Å². The lowest BCUT2D eigenvalue weighted by Crippen LogP contribution is -2.14. The maximum Gasteiger partial charge on any atom is 0.124 e. The Bertz CT molecular complexity index is 596. The highest BCUT2D eigenvalue weighted by Crippen LogP contribution is 2.51. The van der Waals surface area contributed by atoms with Crippen LogP contribution in [0.15, 0.2) is 18.2 Å². The molecule has 1 aliphatic rings. The van der Waals surface area contributed by atoms with Crippen LogP contribution in [0.4, 0.5) is 0 Å². The Labute approximate surface area is 119 Å². The summed E-state index contributed by atoms with van der Waals surface area (Å²) in [7, 11) is 0. The highest BCUT2D eigenvalue weighted by atomic mass is 35.5. The fourth-order valence-electron chi connectivity index (χ4n) is 3.22. The average molecular weight is 277 g/mol. The van der Waals surface area contributed by atoms with E-state index >= 15 is 0 Å². The van der Waals surface area contributed by atoms with Crippen molar-refractivity contribution >= 4 is 22.6 Å². The van der Waals surface area contributed by atoms with Crippen molar-refractivity contribution in [3.05, 3.63) is 29.6 Å². The van der Waals surface area contributed by atoms with Gasteiger partial charge in [0.05, 0.1) is 16.9 Å². The molecule has 0 spiro atoms. The molecular formula is C16H21ClN2. The topological polar surface area (TPSA) is 17.8 Å². The third kappa shape index (κ3) is 2.27. The molecule has 1 heterocycles. The number of para-hydroxylation sites is 1. The number of nitrogens with zero attached hydrogens (tertiary/aromatic N) is 2. The van der Waals surface area contributed by atoms with Gasteiger partial charge in [-0.15, -0.1) is 11.6 Å². The number of alkyl halides is 1. The molecule has 1 aromatic heterocycles. The van der Waals surface area contributed by atoms with Gasteiger partial charge in [0.1, 0.15) is 5.82 Å². The van der Waals surface area contributed by atoms with Crippen molar-refractivity contribution in [2.24, 2.45) is 5.41 Å². The lowest BCUT2D eigenvalue weighted by atomic mass is 10.0. The number of halogens is 1. The Kier molecular flexibility index (Phi) is 3.30. The molecule has 0 unspecified atom stereocenters. The zero-order chi connectivity index (χ0) is 13.5. The maximum absolute atomic E-state index is 6.10. The smallest absolute Gasteiger partial charge is 0.124 e. The van der Waals surface area contributed by atoms with Crippen LogP contribution >= 0.6 is 11.6 Å². The van der Waals surface area contributed by atoms with Gasteiger partial charge in [0, 0.05) is 6.54 Å². The predicted molar refractivity (Wildman–Crippen MR) is 80.6 cm³/mol. The van der Waals surface area contributed by atoms with Crippen LogP contribution in [0.25, 0.3) is 11.0 Å². The Balaban J connectivity index is 2.06. The molecule has 0 saturated heterocycles. The van der Waals surface area contributed by atoms with Gasteiger partial charge in [-0.3, -0.25) is 0 Å². The van der Waals surface area contributed by atoms with Crippen LogP contribution in [0.2, 0.25) is 0 Å². The molecule has 0 aliphatic heterocycles. The van der Waals surface area contributed by atoms with Crippen LogP contribution in [0.5, 0.6) is 0 Å². The molecule has 1 aromatic carbocycles. The van der Waals surface area contributed by atoms with E-state index < -0.39 is 0 Å². The summed E-state index contributed by atoms with van der Waals surface area (Å²) in [6.45, 7) is 5.53. The second-order valence-corrected chi connectivity index (χ2v) is 6.21. The second-order valence-electron chi connectivity index (χ2n) is 5.94. The van der Waals surface area contributed by atoms with Gasteiger partial charge in [0.15, 0.2) is 0 Å². The molecule has 1 aliphatic carbocycles. The Morgan fingerprint density at radius 2 is 2.16 bits per heavy atom. The average Bonchev–Trinajstić information content (AvgIpc) is 3.04. The molecule has 0 atom stereocenters. The van der Waals surface area contributed by atoms with Crippen molar-refractivity contribution < 1.29 is 0 Å². The van der Waals surface area contributed by atoms with Gasteiger partial charge in [-0.2, -0.15) is 0 Å². The molecule has 3 rings (SSSR count). The molecule has 102 valence electrons. The van der Waals surface area contributed by atoms with Crippen LogP contribution in [-0.2, 0) is 12.4 Å². The minimum Gasteiger partial charge on any atom is -0.326 e. The van der Waals surface area contributed by atoms with Crippen LogP contribution in [0.1, 0.15) is 44.0 Å². The molecule has 1 fully saturated rings. The number of aryl methyl sites for hydroxylation is 1. The summed E-state index contributed by atoms with van der Waals surface area (Å²) in [5, 5.41) is 0. The number of hydrogen-bond acceptors (Lipinski definition) is 1. The van der Waals surface area contributed by atoms with Gasteiger partial charge in [0.2, 0.25) is 0 Å². The first-order valence-electron chi connectivity index (χ1n) is 7.20. The zero-order valence-corrected chi connectivity index (χ0v) is 12.5. The third-order valence-electron chi connectivity index (χ3n) is 4.40. The number of imidazole rings is 1. The molecule has 2 aromatic rings. The third-order valence-corrected chi connectivity index (χ3v) is 4.64. The second kappa shape index (κ2) is 4.82. The van der Waals surface area contributed by atoms with Gasteiger partial charge in [0.25, 0.3) is 0 Å². The molecule has 19 heavy (non-hydrogen) atoms. The van der Waals surface area contributed by atoms with Crippen molar-refractivity contribution in [2.75, 3.05) is 0 Å². The molecule has 0 bridgehead atoms. The molecule has 2 nitrogen and oxygen atoms in total. The maximum atomic E-state index is 6.10. The van der Waals surface area contributed by atoms with E-state index in [1.807, 2.05) is 0 Å². The summed E-state index contributed by atoms with van der Waals surface area (Å²) in [5.41, 5.74) is 4.18. The van der Waals surface area contributed by atoms with E-state index in [9.17, 15) is 0 Å². The lowest BCUT2D eigenvalue weighted by molar-refractivity contribution is 0.389. The minimum atomic E-state index is 0.496. The fourth-order valence-corrected chi connectivity index (χ4v) is 3.42. The minimum absolute atomic E-state index is 0.496. The van der Waals surface area contributed by atoms with Gasteiger partial charge in [-0.1, -0.05) is 25.5 Å². The zero-order valence-electron chi connectivity index (χ0n) is 11.7. The number of fused-ring (bicyclic) bond motifs is 1. The Hall–Kier alpha value is -1.02. The van der Waals surface area contributed by atoms with E-state index in [2.05, 4.69) is 36.6 Å². The molecule has 1 saturated carbocycles. The van der Waals surface area contributed by atoms with Gasteiger partial charge in [-0.05, 0) is 43.2 Å². The predicted octanol–water partition coefficient (Wildman–Crippen LogP) is 4.66. The number of benzene rings is 1. The van der Waals surface area contributed by atoms with Crippen molar-refractivity contribution in [1.29, 1.82) is 0 Å². The first kappa shape index (κ1) is 13.0. The number of aromatic nitrogens is 2. The summed E-state index contributed by atoms with van der Waals surface area (Å²) < 4.78 is 2.38. The largest absolute Gasteiger partial charge is 0.326 e. The van der Waals surface area contributed by atoms with Gasteiger partial charge < -0.3 is 4.57 Å². The van der Waals surface area contributed by atoms with E-state index in [0.717, 1.165) is 17.9 Å². The van der Waals surface area contributed by atoms with E-state index in [1.165, 1.54) is 36.8 Å². The summed E-state index contributed by atoms with van der Waals surface area (Å²) in [4.78, 5) is 4.70. The van der Waals surface area contributed by atoms with E-state index in [1.54, 1.807) is 0 Å². The van der Waals surface area contributed by atoms with Gasteiger partial charge >= 0.3 is 0 Å². The molecular weight excluding hydrogens is 256 g/mol. The monoisotopic (exact) mass is 276 g/mol. The summed E-state index contributed by atoms with van der Waals surface area (Å²) in [6.07, 6.45) is 5.30. The van der Waals surface area contributed by atoms with Crippen molar-refractivity contribution in [1.82, 2.24) is 9.55 Å². The Morgan fingerprint density at radius 1 is 1.37 bits per heavy atom. The normalized spacial score (nSPS) is 17.0. The first-order valence-corrected chi connectivity index (χ1v) is 7.73. The van der Waals surface area contributed by atoms with E-state index in [0.29, 0.717) is 11.3 Å². The van der Waals surface area contributed by atoms with Crippen LogP contribution in [0.3, 0.4) is 0 Å². The fraction of sp³-hybridized carbons (Fsp3) is 0.562. The number of rotatable bonds is 5. The molecule has 0 N–H and O–H groups in total. The van der Waals surface area contributed by atoms with Crippen molar-refractivity contribution in [2.45, 2.75) is 52.0 Å². The summed E-state index contributed by atoms with van der Waals surface area (Å²) in [5.74, 6) is 1.52. The Morgan fingerprint density at radius 3 is 2.79 bits per heavy atom. The van der Waals surface area contributed by atoms with E-state index in [-0.39, 0.29) is 0 Å². The summed E-state index contributed by atoms with van der Waals surface area (Å²) >= 11 is 6.10. The molecule has 0 radical (unpaired) electrons. The van der Waals surface area contributed by atoms with Crippen LogP contribution in [0, 0.1) is 12.3 Å². The SMILES string of the molecule is CCCC1(Cn2c(CCl)nc3cccc(C)c32)CC1. The summed E-state index contributed by atoms with van der Waals surface area (Å²) in [6, 6.07) is 6.33. The van der Waals surface area contributed by atoms with Crippen LogP contribution in [-0.4, -0.2) is 9.55 Å². The standard InChI is InChI=1S/C16H21ClN2/c1-3-7-16(8-9-16)11-19-14(10-17)18-13-6-4-5-12(2)15(13)19/h4-6H,3,7-11H2,1-2H3. The first-order chi connectivity index (χ1) is 9.19.